The summed E-state index contributed by atoms with van der Waals surface area (Å²) in [5.41, 5.74) is 5.20. The molecule has 0 bridgehead atoms. The van der Waals surface area contributed by atoms with E-state index in [1.54, 1.807) is 4.57 Å². The van der Waals surface area contributed by atoms with Crippen LogP contribution in [0.5, 0.6) is 0 Å². The highest BCUT2D eigenvalue weighted by Gasteiger charge is 2.49. The molecule has 2 aliphatic heterocycles. The Kier molecular flexibility index (Phi) is 7.53. The number of rotatable bonds is 9. The van der Waals surface area contributed by atoms with Crippen LogP contribution in [0.1, 0.15) is 18.9 Å². The predicted molar refractivity (Wildman–Crippen MR) is 135 cm³/mol. The number of nitrogen functional groups attached to an aromatic ring is 1. The highest BCUT2D eigenvalue weighted by atomic mass is 32.5. The summed E-state index contributed by atoms with van der Waals surface area (Å²) in [4.78, 5) is 48.8. The smallest absolute Gasteiger partial charge is 0.330 e. The first-order valence-corrected chi connectivity index (χ1v) is 14.0. The Morgan fingerprint density at radius 1 is 1.28 bits per heavy atom. The molecule has 0 aromatic carbocycles. The zero-order valence-electron chi connectivity index (χ0n) is 20.2. The molecule has 6 N–H and O–H groups in total. The largest absolute Gasteiger partial charge is 0.508 e. The van der Waals surface area contributed by atoms with Crippen molar-refractivity contribution in [2.24, 2.45) is 0 Å². The van der Waals surface area contributed by atoms with E-state index in [9.17, 15) is 24.7 Å². The third kappa shape index (κ3) is 5.32. The summed E-state index contributed by atoms with van der Waals surface area (Å²) in [6, 6.07) is 1.11. The van der Waals surface area contributed by atoms with Crippen molar-refractivity contribution in [2.45, 2.75) is 37.2 Å². The van der Waals surface area contributed by atoms with E-state index < -0.39 is 61.9 Å². The zero-order valence-corrected chi connectivity index (χ0v) is 21.9. The fraction of sp³-hybridized carbons (Fsp3) is 0.450. The molecule has 2 aliphatic rings. The summed E-state index contributed by atoms with van der Waals surface area (Å²) < 4.78 is 30.6. The molecule has 4 unspecified atom stereocenters. The third-order valence-corrected chi connectivity index (χ3v) is 7.68. The van der Waals surface area contributed by atoms with Crippen molar-refractivity contribution in [1.29, 1.82) is 0 Å². The first-order valence-electron chi connectivity index (χ1n) is 11.4. The quantitative estimate of drug-likeness (QED) is 0.193. The van der Waals surface area contributed by atoms with Crippen LogP contribution in [0.2, 0.25) is 0 Å². The molecule has 19 heteroatoms. The topological polar surface area (TPSA) is 231 Å². The molecule has 0 aliphatic carbocycles. The van der Waals surface area contributed by atoms with Crippen LogP contribution < -0.4 is 17.0 Å². The van der Waals surface area contributed by atoms with Gasteiger partial charge >= 0.3 is 12.4 Å². The normalized spacial score (nSPS) is 26.7. The van der Waals surface area contributed by atoms with Crippen molar-refractivity contribution in [3.8, 4) is 0 Å². The number of anilines is 1. The Hall–Kier alpha value is -3.22. The van der Waals surface area contributed by atoms with Crippen molar-refractivity contribution >= 4 is 35.5 Å². The van der Waals surface area contributed by atoms with Crippen LogP contribution in [0.15, 0.2) is 46.0 Å². The van der Waals surface area contributed by atoms with Gasteiger partial charge in [-0.1, -0.05) is 0 Å². The molecule has 17 nitrogen and oxygen atoms in total. The lowest BCUT2D eigenvalue weighted by Crippen LogP contribution is -2.39. The van der Waals surface area contributed by atoms with E-state index in [2.05, 4.69) is 19.9 Å². The molecule has 0 amide bonds. The highest BCUT2D eigenvalue weighted by molar-refractivity contribution is 8.07. The number of aromatic amines is 1. The maximum atomic E-state index is 12.3. The number of ether oxygens (including phenoxy) is 3. The molecule has 5 heterocycles. The fourth-order valence-corrected chi connectivity index (χ4v) is 5.68. The van der Waals surface area contributed by atoms with Gasteiger partial charge in [0.2, 0.25) is 0 Å². The summed E-state index contributed by atoms with van der Waals surface area (Å²) in [6.45, 7) is -5.07. The first-order chi connectivity index (χ1) is 18.6. The molecular formula is C20H24N7O10PS. The first kappa shape index (κ1) is 27.4. The van der Waals surface area contributed by atoms with Crippen molar-refractivity contribution < 1.29 is 38.4 Å². The molecule has 0 saturated carbocycles. The summed E-state index contributed by atoms with van der Waals surface area (Å²) in [7, 11) is 1.31. The number of aromatic nitrogens is 6. The minimum Gasteiger partial charge on any atom is -0.508 e. The number of hydrogen-bond donors (Lipinski definition) is 5. The zero-order chi connectivity index (χ0) is 27.9. The molecule has 3 aromatic heterocycles. The summed E-state index contributed by atoms with van der Waals surface area (Å²) in [5, 5.41) is 20.3. The van der Waals surface area contributed by atoms with Gasteiger partial charge in [0.1, 0.15) is 48.8 Å². The van der Waals surface area contributed by atoms with E-state index in [1.165, 1.54) is 26.0 Å². The van der Waals surface area contributed by atoms with E-state index in [0.29, 0.717) is 11.2 Å². The fourth-order valence-electron chi connectivity index (χ4n) is 4.32. The third-order valence-electron chi connectivity index (χ3n) is 6.14. The minimum absolute atomic E-state index is 0.00177. The molecule has 5 rings (SSSR count). The number of nitrogens with two attached hydrogens (primary N) is 1. The van der Waals surface area contributed by atoms with Crippen molar-refractivity contribution in [1.82, 2.24) is 29.1 Å². The van der Waals surface area contributed by atoms with E-state index >= 15 is 0 Å². The standard InChI is InChI=1S/C20H24N7O10PS/c1-33-16-15(10(5-28)36-19(16)26-3-2-12(30)25-20(26)31)37-38(32,39)34-6-11-9(29)4-13(35-11)27-8-24-14-17(21)22-7-23-18(14)27/h2-3,7-8,10,13,15-16,19,28-29H,4-6H2,1H3,(H,32,39)(H2,21,22,23)(H,25,30,31)/t10-,13?,15?,16?,19-,38?/m1/s1. The van der Waals surface area contributed by atoms with Crippen molar-refractivity contribution in [3.05, 3.63) is 57.3 Å². The van der Waals surface area contributed by atoms with Crippen LogP contribution in [-0.4, -0.2) is 82.8 Å². The molecule has 39 heavy (non-hydrogen) atoms. The molecule has 6 atom stereocenters. The van der Waals surface area contributed by atoms with Gasteiger partial charge in [0, 0.05) is 19.4 Å². The van der Waals surface area contributed by atoms with Gasteiger partial charge in [-0.15, -0.1) is 0 Å². The molecule has 1 fully saturated rings. The number of nitrogens with zero attached hydrogens (tertiary/aromatic N) is 5. The number of aliphatic hydroxyl groups is 2. The SMILES string of the molecule is COC1C(OP(O)(=S)OCC2=C(O)CC(n3cnc4c(N)ncnc43)O2)[C@@H](CO)O[C@H]1n1ccc(=O)[nH]c1=O. The van der Waals surface area contributed by atoms with Gasteiger partial charge in [-0.3, -0.25) is 23.4 Å². The Balaban J connectivity index is 1.27. The van der Waals surface area contributed by atoms with E-state index in [-0.39, 0.29) is 23.8 Å². The minimum atomic E-state index is -4.05. The van der Waals surface area contributed by atoms with Crippen LogP contribution >= 0.6 is 6.72 Å². The summed E-state index contributed by atoms with van der Waals surface area (Å²) >= 11 is 5.15. The summed E-state index contributed by atoms with van der Waals surface area (Å²) in [6.07, 6.45) is -1.14. The average molecular weight is 585 g/mol. The molecular weight excluding hydrogens is 561 g/mol. The maximum Gasteiger partial charge on any atom is 0.330 e. The molecule has 210 valence electrons. The van der Waals surface area contributed by atoms with Crippen LogP contribution in [0.25, 0.3) is 11.2 Å². The monoisotopic (exact) mass is 585 g/mol. The predicted octanol–water partition coefficient (Wildman–Crippen LogP) is -0.829. The van der Waals surface area contributed by atoms with Gasteiger partial charge in [-0.05, 0) is 11.8 Å². The average Bonchev–Trinajstić information content (AvgIpc) is 3.58. The number of H-pyrrole nitrogens is 1. The number of methoxy groups -OCH3 is 1. The lowest BCUT2D eigenvalue weighted by molar-refractivity contribution is -0.0625. The molecule has 0 radical (unpaired) electrons. The number of aliphatic hydroxyl groups excluding tert-OH is 2. The van der Waals surface area contributed by atoms with Crippen molar-refractivity contribution in [3.63, 3.8) is 0 Å². The lowest BCUT2D eigenvalue weighted by Gasteiger charge is -2.26. The lowest BCUT2D eigenvalue weighted by atomic mass is 10.1. The van der Waals surface area contributed by atoms with E-state index in [1.807, 2.05) is 0 Å². The van der Waals surface area contributed by atoms with Gasteiger partial charge in [-0.25, -0.2) is 19.7 Å². The number of nitrogens with one attached hydrogen (secondary N) is 1. The summed E-state index contributed by atoms with van der Waals surface area (Å²) in [5.74, 6) is 0.0383. The second kappa shape index (κ2) is 10.7. The second-order valence-corrected chi connectivity index (χ2v) is 11.3. The Bertz CT molecular complexity index is 1570. The van der Waals surface area contributed by atoms with Crippen LogP contribution in [0.3, 0.4) is 0 Å². The van der Waals surface area contributed by atoms with Crippen molar-refractivity contribution in [2.75, 3.05) is 26.1 Å². The Morgan fingerprint density at radius 3 is 2.79 bits per heavy atom. The van der Waals surface area contributed by atoms with Gasteiger partial charge in [0.25, 0.3) is 5.56 Å². The molecule has 1 saturated heterocycles. The Labute approximate surface area is 223 Å². The van der Waals surface area contributed by atoms with Crippen LogP contribution in [0, 0.1) is 0 Å². The van der Waals surface area contributed by atoms with E-state index in [4.69, 9.17) is 40.8 Å². The van der Waals surface area contributed by atoms with E-state index in [0.717, 1.165) is 10.6 Å². The number of fused-ring (bicyclic) bond motifs is 1. The van der Waals surface area contributed by atoms with Gasteiger partial charge in [0.15, 0.2) is 29.7 Å². The van der Waals surface area contributed by atoms with Crippen LogP contribution in [-0.2, 0) is 35.1 Å². The highest BCUT2D eigenvalue weighted by Crippen LogP contribution is 2.50. The molecule has 3 aromatic rings. The van der Waals surface area contributed by atoms with Gasteiger partial charge in [0.05, 0.1) is 13.0 Å². The second-order valence-electron chi connectivity index (χ2n) is 8.51. The van der Waals surface area contributed by atoms with Gasteiger partial charge < -0.3 is 39.6 Å². The van der Waals surface area contributed by atoms with Crippen LogP contribution in [0.4, 0.5) is 5.82 Å². The number of imidazole rings is 1. The van der Waals surface area contributed by atoms with Gasteiger partial charge in [-0.2, -0.15) is 0 Å². The molecule has 0 spiro atoms. The Morgan fingerprint density at radius 2 is 2.08 bits per heavy atom. The number of hydrogen-bond acceptors (Lipinski definition) is 14. The maximum absolute atomic E-state index is 12.3.